The smallest absolute Gasteiger partial charge is 0.254 e. The summed E-state index contributed by atoms with van der Waals surface area (Å²) in [6.07, 6.45) is 0.852. The minimum absolute atomic E-state index is 0.0197. The molecule has 0 spiro atoms. The zero-order valence-corrected chi connectivity index (χ0v) is 8.84. The monoisotopic (exact) mass is 225 g/mol. The van der Waals surface area contributed by atoms with Crippen molar-refractivity contribution in [3.05, 3.63) is 34.9 Å². The number of hydrogen-bond acceptors (Lipinski definition) is 3. The fourth-order valence-corrected chi connectivity index (χ4v) is 1.70. The second-order valence-electron chi connectivity index (χ2n) is 3.37. The van der Waals surface area contributed by atoms with Crippen LogP contribution in [0.1, 0.15) is 16.8 Å². The number of hydrazine groups is 1. The highest BCUT2D eigenvalue weighted by Gasteiger charge is 2.17. The Morgan fingerprint density at radius 3 is 2.93 bits per heavy atom. The molecule has 15 heavy (non-hydrogen) atoms. The van der Waals surface area contributed by atoms with Gasteiger partial charge in [0.1, 0.15) is 0 Å². The summed E-state index contributed by atoms with van der Waals surface area (Å²) < 4.78 is 0. The molecule has 0 radical (unpaired) electrons. The average Bonchev–Trinajstić information content (AvgIpc) is 2.71. The van der Waals surface area contributed by atoms with Gasteiger partial charge in [-0.05, 0) is 18.6 Å². The second-order valence-corrected chi connectivity index (χ2v) is 3.77. The Kier molecular flexibility index (Phi) is 3.20. The number of rotatable bonds is 2. The standard InChI is InChI=1S/C10H12ClN3O/c11-8-4-2-1-3-7(8)10(15)13-9-5-6-12-14-9/h1-4,9,12,14H,5-6H2,(H,13,15). The highest BCUT2D eigenvalue weighted by molar-refractivity contribution is 6.33. The zero-order chi connectivity index (χ0) is 10.7. The maximum absolute atomic E-state index is 11.8. The summed E-state index contributed by atoms with van der Waals surface area (Å²) in [4.78, 5) is 11.8. The number of hydrogen-bond donors (Lipinski definition) is 3. The molecule has 3 N–H and O–H groups in total. The molecule has 4 nitrogen and oxygen atoms in total. The molecule has 1 aromatic rings. The van der Waals surface area contributed by atoms with E-state index in [0.717, 1.165) is 13.0 Å². The van der Waals surface area contributed by atoms with Gasteiger partial charge in [0.25, 0.3) is 5.91 Å². The summed E-state index contributed by atoms with van der Waals surface area (Å²) in [5, 5.41) is 3.31. The number of amides is 1. The molecule has 1 aromatic carbocycles. The van der Waals surface area contributed by atoms with Crippen LogP contribution >= 0.6 is 11.6 Å². The maximum atomic E-state index is 11.8. The van der Waals surface area contributed by atoms with Crippen molar-refractivity contribution in [2.45, 2.75) is 12.6 Å². The lowest BCUT2D eigenvalue weighted by atomic mass is 10.2. The first-order chi connectivity index (χ1) is 7.27. The largest absolute Gasteiger partial charge is 0.335 e. The maximum Gasteiger partial charge on any atom is 0.254 e. The number of carbonyl (C=O) groups excluding carboxylic acids is 1. The molecule has 5 heteroatoms. The Labute approximate surface area is 93.0 Å². The van der Waals surface area contributed by atoms with Crippen LogP contribution in [0.25, 0.3) is 0 Å². The van der Waals surface area contributed by atoms with E-state index in [1.165, 1.54) is 0 Å². The lowest BCUT2D eigenvalue weighted by molar-refractivity contribution is 0.0932. The van der Waals surface area contributed by atoms with Gasteiger partial charge < -0.3 is 5.32 Å². The van der Waals surface area contributed by atoms with Gasteiger partial charge in [-0.2, -0.15) is 0 Å². The minimum atomic E-state index is -0.151. The van der Waals surface area contributed by atoms with E-state index >= 15 is 0 Å². The van der Waals surface area contributed by atoms with Crippen molar-refractivity contribution >= 4 is 17.5 Å². The van der Waals surface area contributed by atoms with E-state index < -0.39 is 0 Å². The van der Waals surface area contributed by atoms with Crippen LogP contribution in [-0.4, -0.2) is 18.6 Å². The molecule has 1 aliphatic heterocycles. The van der Waals surface area contributed by atoms with Gasteiger partial charge in [-0.1, -0.05) is 23.7 Å². The molecule has 1 amide bonds. The van der Waals surface area contributed by atoms with Gasteiger partial charge in [-0.25, -0.2) is 5.43 Å². The number of benzene rings is 1. The minimum Gasteiger partial charge on any atom is -0.335 e. The zero-order valence-electron chi connectivity index (χ0n) is 8.09. The van der Waals surface area contributed by atoms with Crippen molar-refractivity contribution in [3.63, 3.8) is 0 Å². The molecule has 2 rings (SSSR count). The van der Waals surface area contributed by atoms with Crippen LogP contribution in [0.2, 0.25) is 5.02 Å². The highest BCUT2D eigenvalue weighted by Crippen LogP contribution is 2.14. The van der Waals surface area contributed by atoms with E-state index in [-0.39, 0.29) is 12.1 Å². The van der Waals surface area contributed by atoms with Crippen LogP contribution < -0.4 is 16.2 Å². The van der Waals surface area contributed by atoms with E-state index in [2.05, 4.69) is 16.2 Å². The van der Waals surface area contributed by atoms with E-state index in [9.17, 15) is 4.79 Å². The third-order valence-electron chi connectivity index (χ3n) is 2.26. The van der Waals surface area contributed by atoms with Gasteiger partial charge in [-0.15, -0.1) is 0 Å². The number of carbonyl (C=O) groups is 1. The normalized spacial score (nSPS) is 20.2. The molecular weight excluding hydrogens is 214 g/mol. The van der Waals surface area contributed by atoms with Gasteiger partial charge in [0.05, 0.1) is 16.8 Å². The predicted molar refractivity (Wildman–Crippen MR) is 58.5 cm³/mol. The van der Waals surface area contributed by atoms with E-state index in [1.54, 1.807) is 24.3 Å². The fourth-order valence-electron chi connectivity index (χ4n) is 1.47. The van der Waals surface area contributed by atoms with Crippen molar-refractivity contribution in [3.8, 4) is 0 Å². The van der Waals surface area contributed by atoms with Crippen LogP contribution in [0.15, 0.2) is 24.3 Å². The molecule has 0 aliphatic carbocycles. The first-order valence-electron chi connectivity index (χ1n) is 4.81. The molecule has 0 saturated carbocycles. The van der Waals surface area contributed by atoms with Crippen LogP contribution in [0, 0.1) is 0 Å². The van der Waals surface area contributed by atoms with Crippen molar-refractivity contribution in [2.75, 3.05) is 6.54 Å². The Hall–Kier alpha value is -1.10. The topological polar surface area (TPSA) is 53.2 Å². The molecule has 1 atom stereocenters. The van der Waals surface area contributed by atoms with Gasteiger partial charge in [0, 0.05) is 6.54 Å². The Morgan fingerprint density at radius 2 is 2.27 bits per heavy atom. The first kappa shape index (κ1) is 10.4. The molecule has 1 aliphatic rings. The molecule has 0 aromatic heterocycles. The van der Waals surface area contributed by atoms with Crippen LogP contribution in [0.3, 0.4) is 0 Å². The van der Waals surface area contributed by atoms with Crippen molar-refractivity contribution in [2.24, 2.45) is 0 Å². The van der Waals surface area contributed by atoms with Gasteiger partial charge >= 0.3 is 0 Å². The summed E-state index contributed by atoms with van der Waals surface area (Å²) in [7, 11) is 0. The van der Waals surface area contributed by atoms with Crippen molar-refractivity contribution < 1.29 is 4.79 Å². The molecule has 1 saturated heterocycles. The Balaban J connectivity index is 2.04. The van der Waals surface area contributed by atoms with Crippen LogP contribution in [0.4, 0.5) is 0 Å². The summed E-state index contributed by atoms with van der Waals surface area (Å²) >= 11 is 5.91. The SMILES string of the molecule is O=C(NC1CCNN1)c1ccccc1Cl. The van der Waals surface area contributed by atoms with E-state index in [0.29, 0.717) is 10.6 Å². The van der Waals surface area contributed by atoms with Crippen LogP contribution in [-0.2, 0) is 0 Å². The fraction of sp³-hybridized carbons (Fsp3) is 0.300. The number of nitrogens with one attached hydrogen (secondary N) is 3. The first-order valence-corrected chi connectivity index (χ1v) is 5.19. The number of halogens is 1. The summed E-state index contributed by atoms with van der Waals surface area (Å²) in [6, 6.07) is 7.01. The molecular formula is C10H12ClN3O. The summed E-state index contributed by atoms with van der Waals surface area (Å²) in [6.45, 7) is 0.855. The molecule has 1 heterocycles. The van der Waals surface area contributed by atoms with Crippen molar-refractivity contribution in [1.82, 2.24) is 16.2 Å². The molecule has 80 valence electrons. The van der Waals surface area contributed by atoms with E-state index in [4.69, 9.17) is 11.6 Å². The summed E-state index contributed by atoms with van der Waals surface area (Å²) in [5.41, 5.74) is 6.41. The van der Waals surface area contributed by atoms with Gasteiger partial charge in [0.2, 0.25) is 0 Å². The average molecular weight is 226 g/mol. The predicted octanol–water partition coefficient (Wildman–Crippen LogP) is 0.894. The summed E-state index contributed by atoms with van der Waals surface area (Å²) in [5.74, 6) is -0.151. The molecule has 1 fully saturated rings. The quantitative estimate of drug-likeness (QED) is 0.701. The highest BCUT2D eigenvalue weighted by atomic mass is 35.5. The Bertz CT molecular complexity index is 363. The van der Waals surface area contributed by atoms with Crippen LogP contribution in [0.5, 0.6) is 0 Å². The lowest BCUT2D eigenvalue weighted by Crippen LogP contribution is -2.44. The van der Waals surface area contributed by atoms with Crippen molar-refractivity contribution in [1.29, 1.82) is 0 Å². The molecule has 1 unspecified atom stereocenters. The van der Waals surface area contributed by atoms with Gasteiger partial charge in [-0.3, -0.25) is 10.2 Å². The third-order valence-corrected chi connectivity index (χ3v) is 2.59. The second kappa shape index (κ2) is 4.61. The third kappa shape index (κ3) is 2.47. The molecule has 0 bridgehead atoms. The lowest BCUT2D eigenvalue weighted by Gasteiger charge is -2.12. The van der Waals surface area contributed by atoms with E-state index in [1.807, 2.05) is 0 Å². The Morgan fingerprint density at radius 1 is 1.47 bits per heavy atom. The van der Waals surface area contributed by atoms with Gasteiger partial charge in [0.15, 0.2) is 0 Å².